The van der Waals surface area contributed by atoms with Gasteiger partial charge in [0, 0.05) is 19.1 Å². The number of alkyl halides is 3. The first-order chi connectivity index (χ1) is 15.7. The molecule has 4 heterocycles. The lowest BCUT2D eigenvalue weighted by Crippen LogP contribution is -2.35. The van der Waals surface area contributed by atoms with Crippen molar-refractivity contribution in [2.45, 2.75) is 64.0 Å². The Morgan fingerprint density at radius 1 is 1.21 bits per heavy atom. The number of aromatic nitrogens is 5. The second kappa shape index (κ2) is 8.28. The molecule has 3 atom stereocenters. The molecule has 33 heavy (non-hydrogen) atoms. The van der Waals surface area contributed by atoms with Gasteiger partial charge in [-0.15, -0.1) is 0 Å². The number of hydrogen-bond acceptors (Lipinski definition) is 5. The number of aromatic amines is 1. The molecule has 11 heteroatoms. The zero-order valence-electron chi connectivity index (χ0n) is 18.3. The highest BCUT2D eigenvalue weighted by Crippen LogP contribution is 2.44. The number of nitrogens with one attached hydrogen (secondary N) is 2. The predicted molar refractivity (Wildman–Crippen MR) is 120 cm³/mol. The van der Waals surface area contributed by atoms with E-state index in [1.54, 1.807) is 10.6 Å². The van der Waals surface area contributed by atoms with Crippen LogP contribution in [0.1, 0.15) is 48.0 Å². The highest BCUT2D eigenvalue weighted by Gasteiger charge is 2.46. The van der Waals surface area contributed by atoms with Gasteiger partial charge < -0.3 is 10.1 Å². The molecule has 2 aromatic heterocycles. The van der Waals surface area contributed by atoms with Crippen molar-refractivity contribution in [3.63, 3.8) is 0 Å². The first-order valence-electron chi connectivity index (χ1n) is 11.0. The van der Waals surface area contributed by atoms with E-state index in [1.807, 2.05) is 32.0 Å². The average molecular weight is 479 g/mol. The molecule has 2 aliphatic rings. The Labute approximate surface area is 194 Å². The van der Waals surface area contributed by atoms with E-state index < -0.39 is 18.3 Å². The molecular weight excluding hydrogens is 453 g/mol. The average Bonchev–Trinajstić information content (AvgIpc) is 3.49. The number of hydrogen-bond donors (Lipinski definition) is 2. The van der Waals surface area contributed by atoms with Crippen molar-refractivity contribution < 1.29 is 17.9 Å². The summed E-state index contributed by atoms with van der Waals surface area (Å²) in [7, 11) is 0. The fourth-order valence-corrected chi connectivity index (χ4v) is 4.76. The fourth-order valence-electron chi connectivity index (χ4n) is 4.56. The molecule has 2 aliphatic heterocycles. The lowest BCUT2D eigenvalue weighted by atomic mass is 9.94. The number of anilines is 1. The number of fused-ring (bicyclic) bond motifs is 1. The number of nitrogens with zero attached hydrogens (tertiary/aromatic N) is 4. The summed E-state index contributed by atoms with van der Waals surface area (Å²) in [5, 5.41) is 14.6. The van der Waals surface area contributed by atoms with Crippen LogP contribution in [0.2, 0.25) is 0 Å². The Morgan fingerprint density at radius 3 is 2.73 bits per heavy atom. The van der Waals surface area contributed by atoms with E-state index in [0.717, 1.165) is 34.2 Å². The minimum absolute atomic E-state index is 0.000459. The van der Waals surface area contributed by atoms with Gasteiger partial charge in [-0.05, 0) is 55.6 Å². The van der Waals surface area contributed by atoms with E-state index in [9.17, 15) is 13.2 Å². The van der Waals surface area contributed by atoms with Crippen LogP contribution in [0.25, 0.3) is 11.5 Å². The maximum Gasteiger partial charge on any atom is 0.410 e. The number of benzene rings is 1. The van der Waals surface area contributed by atoms with Gasteiger partial charge in [-0.25, -0.2) is 4.68 Å². The molecule has 0 amide bonds. The van der Waals surface area contributed by atoms with Crippen LogP contribution in [0.3, 0.4) is 0 Å². The maximum absolute atomic E-state index is 14.1. The molecule has 1 saturated heterocycles. The molecule has 0 saturated carbocycles. The van der Waals surface area contributed by atoms with E-state index >= 15 is 0 Å². The summed E-state index contributed by atoms with van der Waals surface area (Å²) in [6, 6.07) is 5.15. The Bertz CT molecular complexity index is 1220. The third-order valence-corrected chi connectivity index (χ3v) is 6.83. The molecule has 0 spiro atoms. The number of halogens is 3. The largest absolute Gasteiger partial charge is 0.410 e. The molecule has 5 rings (SSSR count). The standard InChI is InChI=1S/C22H25F3N6OS/c1-12-5-6-14(8-13(12)2)16-9-18(22(23,24)25)31-19(26-16)10-17(29-31)20-27-28-21(33)30(20)11-15-4-3-7-32-15/h5-6,8,10,15-16,18,26H,3-4,7,9,11H2,1-2H3,(H,28,33)/t15-,16+,18-/m1/s1. The smallest absolute Gasteiger partial charge is 0.376 e. The van der Waals surface area contributed by atoms with Crippen LogP contribution in [0, 0.1) is 18.6 Å². The van der Waals surface area contributed by atoms with E-state index in [0.29, 0.717) is 35.3 Å². The summed E-state index contributed by atoms with van der Waals surface area (Å²) in [5.41, 5.74) is 3.30. The first-order valence-corrected chi connectivity index (χ1v) is 11.4. The van der Waals surface area contributed by atoms with Gasteiger partial charge in [0.05, 0.1) is 18.7 Å². The van der Waals surface area contributed by atoms with Crippen molar-refractivity contribution >= 4 is 18.0 Å². The number of H-pyrrole nitrogens is 1. The van der Waals surface area contributed by atoms with Gasteiger partial charge in [0.25, 0.3) is 0 Å². The lowest BCUT2D eigenvalue weighted by molar-refractivity contribution is -0.173. The third-order valence-electron chi connectivity index (χ3n) is 6.52. The molecule has 0 unspecified atom stereocenters. The molecule has 3 aromatic rings. The van der Waals surface area contributed by atoms with E-state index in [4.69, 9.17) is 17.0 Å². The quantitative estimate of drug-likeness (QED) is 0.501. The van der Waals surface area contributed by atoms with Gasteiger partial charge >= 0.3 is 6.18 Å². The molecule has 176 valence electrons. The molecule has 2 N–H and O–H groups in total. The minimum Gasteiger partial charge on any atom is -0.376 e. The highest BCUT2D eigenvalue weighted by molar-refractivity contribution is 7.71. The summed E-state index contributed by atoms with van der Waals surface area (Å²) in [4.78, 5) is 0. The molecule has 0 bridgehead atoms. The second-order valence-corrected chi connectivity index (χ2v) is 9.18. The summed E-state index contributed by atoms with van der Waals surface area (Å²) in [6.45, 7) is 5.12. The number of aryl methyl sites for hydroxylation is 2. The van der Waals surface area contributed by atoms with Gasteiger partial charge in [0.1, 0.15) is 11.5 Å². The van der Waals surface area contributed by atoms with Crippen molar-refractivity contribution in [2.24, 2.45) is 0 Å². The van der Waals surface area contributed by atoms with E-state index in [2.05, 4.69) is 20.6 Å². The van der Waals surface area contributed by atoms with Crippen molar-refractivity contribution in [1.29, 1.82) is 0 Å². The topological polar surface area (TPSA) is 72.7 Å². The summed E-state index contributed by atoms with van der Waals surface area (Å²) in [6.07, 6.45) is -2.72. The van der Waals surface area contributed by atoms with Crippen LogP contribution in [0.4, 0.5) is 19.0 Å². The van der Waals surface area contributed by atoms with Crippen molar-refractivity contribution in [2.75, 3.05) is 11.9 Å². The Kier molecular flexibility index (Phi) is 5.56. The molecule has 0 aliphatic carbocycles. The van der Waals surface area contributed by atoms with Gasteiger partial charge in [0.15, 0.2) is 16.6 Å². The van der Waals surface area contributed by atoms with E-state index in [1.165, 1.54) is 0 Å². The molecular formula is C22H25F3N6OS. The summed E-state index contributed by atoms with van der Waals surface area (Å²) in [5.74, 6) is 0.710. The van der Waals surface area contributed by atoms with Gasteiger partial charge in [-0.1, -0.05) is 18.2 Å². The number of ether oxygens (including phenoxy) is 1. The Morgan fingerprint density at radius 2 is 2.03 bits per heavy atom. The monoisotopic (exact) mass is 478 g/mol. The van der Waals surface area contributed by atoms with Crippen LogP contribution in [0.15, 0.2) is 24.3 Å². The fraction of sp³-hybridized carbons (Fsp3) is 0.500. The van der Waals surface area contributed by atoms with Crippen LogP contribution in [-0.4, -0.2) is 43.4 Å². The van der Waals surface area contributed by atoms with Crippen molar-refractivity contribution in [1.82, 2.24) is 24.5 Å². The lowest BCUT2D eigenvalue weighted by Gasteiger charge is -2.33. The Hall–Kier alpha value is -2.66. The Balaban J connectivity index is 1.52. The van der Waals surface area contributed by atoms with Crippen molar-refractivity contribution in [3.8, 4) is 11.5 Å². The zero-order chi connectivity index (χ0) is 23.3. The van der Waals surface area contributed by atoms with Crippen molar-refractivity contribution in [3.05, 3.63) is 45.7 Å². The van der Waals surface area contributed by atoms with Crippen LogP contribution < -0.4 is 5.32 Å². The van der Waals surface area contributed by atoms with Crippen LogP contribution in [-0.2, 0) is 11.3 Å². The minimum atomic E-state index is -4.44. The first kappa shape index (κ1) is 22.1. The van der Waals surface area contributed by atoms with Gasteiger partial charge in [-0.2, -0.15) is 23.4 Å². The normalized spacial score (nSPS) is 22.9. The molecule has 0 radical (unpaired) electrons. The van der Waals surface area contributed by atoms with Crippen LogP contribution >= 0.6 is 12.2 Å². The molecule has 1 aromatic carbocycles. The summed E-state index contributed by atoms with van der Waals surface area (Å²) >= 11 is 5.36. The third kappa shape index (κ3) is 4.19. The highest BCUT2D eigenvalue weighted by atomic mass is 32.1. The molecule has 7 nitrogen and oxygen atoms in total. The summed E-state index contributed by atoms with van der Waals surface area (Å²) < 4.78 is 51.1. The predicted octanol–water partition coefficient (Wildman–Crippen LogP) is 5.26. The van der Waals surface area contributed by atoms with Gasteiger partial charge in [0.2, 0.25) is 0 Å². The number of rotatable bonds is 4. The zero-order valence-corrected chi connectivity index (χ0v) is 19.1. The second-order valence-electron chi connectivity index (χ2n) is 8.79. The molecule has 1 fully saturated rings. The maximum atomic E-state index is 14.1. The van der Waals surface area contributed by atoms with Crippen LogP contribution in [0.5, 0.6) is 0 Å². The van der Waals surface area contributed by atoms with E-state index in [-0.39, 0.29) is 12.5 Å². The SMILES string of the molecule is Cc1ccc([C@@H]2C[C@H](C(F)(F)F)n3nc(-c4n[nH]c(=S)n4C[C@H]4CCCO4)cc3N2)cc1C. The van der Waals surface area contributed by atoms with Gasteiger partial charge in [-0.3, -0.25) is 9.67 Å².